The molecule has 13 heavy (non-hydrogen) atoms. The van der Waals surface area contributed by atoms with Crippen LogP contribution in [-0.2, 0) is 4.74 Å². The molecular weight excluding hydrogens is 180 g/mol. The fourth-order valence-corrected chi connectivity index (χ4v) is 2.12. The van der Waals surface area contributed by atoms with E-state index in [0.717, 1.165) is 0 Å². The molecule has 0 fully saturated rings. The van der Waals surface area contributed by atoms with E-state index in [0.29, 0.717) is 0 Å². The summed E-state index contributed by atoms with van der Waals surface area (Å²) >= 11 is 1.76. The van der Waals surface area contributed by atoms with Crippen molar-refractivity contribution in [2.75, 3.05) is 7.11 Å². The summed E-state index contributed by atoms with van der Waals surface area (Å²) in [6, 6.07) is 8.41. The molecule has 1 aromatic carbocycles. The van der Waals surface area contributed by atoms with Gasteiger partial charge in [0.2, 0.25) is 0 Å². The van der Waals surface area contributed by atoms with E-state index in [1.165, 1.54) is 15.6 Å². The maximum absolute atomic E-state index is 4.89. The first-order valence-corrected chi connectivity index (χ1v) is 4.95. The van der Waals surface area contributed by atoms with Gasteiger partial charge in [-0.3, -0.25) is 0 Å². The van der Waals surface area contributed by atoms with E-state index < -0.39 is 0 Å². The summed E-state index contributed by atoms with van der Waals surface area (Å²) in [5.41, 5.74) is 1.21. The van der Waals surface area contributed by atoms with Crippen LogP contribution in [-0.4, -0.2) is 7.11 Å². The normalized spacial score (nSPS) is 11.2. The van der Waals surface area contributed by atoms with Gasteiger partial charge in [-0.05, 0) is 34.5 Å². The molecule has 1 nitrogen and oxygen atoms in total. The van der Waals surface area contributed by atoms with Crippen LogP contribution in [0.5, 0.6) is 0 Å². The van der Waals surface area contributed by atoms with Crippen molar-refractivity contribution in [3.8, 4) is 0 Å². The Morgan fingerprint density at radius 2 is 2.23 bits per heavy atom. The van der Waals surface area contributed by atoms with E-state index in [9.17, 15) is 0 Å². The van der Waals surface area contributed by atoms with Crippen molar-refractivity contribution in [1.29, 1.82) is 0 Å². The molecule has 2 aromatic rings. The van der Waals surface area contributed by atoms with Crippen LogP contribution in [0.4, 0.5) is 0 Å². The average molecular weight is 190 g/mol. The third-order valence-corrected chi connectivity index (χ3v) is 2.80. The molecule has 2 heteroatoms. The smallest absolute Gasteiger partial charge is 0.0830 e. The van der Waals surface area contributed by atoms with E-state index >= 15 is 0 Å². The lowest BCUT2D eigenvalue weighted by molar-refractivity contribution is 0.341. The topological polar surface area (TPSA) is 9.23 Å². The quantitative estimate of drug-likeness (QED) is 0.658. The zero-order valence-electron chi connectivity index (χ0n) is 7.36. The molecular formula is C11H10OS. The van der Waals surface area contributed by atoms with Crippen LogP contribution < -0.4 is 0 Å². The summed E-state index contributed by atoms with van der Waals surface area (Å²) in [7, 11) is 1.66. The zero-order valence-corrected chi connectivity index (χ0v) is 8.17. The Hall–Kier alpha value is -1.28. The van der Waals surface area contributed by atoms with Gasteiger partial charge in [0.15, 0.2) is 0 Å². The summed E-state index contributed by atoms with van der Waals surface area (Å²) in [5.74, 6) is 0. The third-order valence-electron chi connectivity index (χ3n) is 1.91. The fraction of sp³-hybridized carbons (Fsp3) is 0.0909. The van der Waals surface area contributed by atoms with Crippen molar-refractivity contribution in [1.82, 2.24) is 0 Å². The summed E-state index contributed by atoms with van der Waals surface area (Å²) in [6.07, 6.45) is 3.68. The van der Waals surface area contributed by atoms with Gasteiger partial charge in [0.1, 0.15) is 0 Å². The molecule has 0 spiro atoms. The van der Waals surface area contributed by atoms with Gasteiger partial charge >= 0.3 is 0 Å². The highest BCUT2D eigenvalue weighted by molar-refractivity contribution is 7.17. The highest BCUT2D eigenvalue weighted by Crippen LogP contribution is 2.24. The molecule has 0 bridgehead atoms. The minimum absolute atomic E-state index is 1.21. The first-order valence-electron chi connectivity index (χ1n) is 4.07. The molecule has 2 rings (SSSR count). The van der Waals surface area contributed by atoms with Crippen molar-refractivity contribution in [3.05, 3.63) is 41.5 Å². The SMILES string of the molecule is CO/C=C/c1cccc2sccc12. The molecule has 0 saturated carbocycles. The van der Waals surface area contributed by atoms with Crippen molar-refractivity contribution < 1.29 is 4.74 Å². The number of rotatable bonds is 2. The average Bonchev–Trinajstić information content (AvgIpc) is 2.62. The minimum Gasteiger partial charge on any atom is -0.504 e. The highest BCUT2D eigenvalue weighted by Gasteiger charge is 1.97. The van der Waals surface area contributed by atoms with E-state index in [2.05, 4.69) is 29.6 Å². The lowest BCUT2D eigenvalue weighted by Crippen LogP contribution is -1.73. The molecule has 0 aliphatic heterocycles. The van der Waals surface area contributed by atoms with E-state index in [-0.39, 0.29) is 0 Å². The molecule has 66 valence electrons. The fourth-order valence-electron chi connectivity index (χ4n) is 1.30. The van der Waals surface area contributed by atoms with Gasteiger partial charge in [0, 0.05) is 4.70 Å². The molecule has 0 unspecified atom stereocenters. The van der Waals surface area contributed by atoms with Crippen LogP contribution in [0, 0.1) is 0 Å². The van der Waals surface area contributed by atoms with E-state index in [1.807, 2.05) is 6.08 Å². The van der Waals surface area contributed by atoms with Gasteiger partial charge in [-0.25, -0.2) is 0 Å². The molecule has 0 N–H and O–H groups in total. The summed E-state index contributed by atoms with van der Waals surface area (Å²) < 4.78 is 6.21. The number of hydrogen-bond donors (Lipinski definition) is 0. The summed E-state index contributed by atoms with van der Waals surface area (Å²) in [5, 5.41) is 3.40. The molecule has 0 atom stereocenters. The van der Waals surface area contributed by atoms with Gasteiger partial charge in [-0.1, -0.05) is 12.1 Å². The van der Waals surface area contributed by atoms with Gasteiger partial charge < -0.3 is 4.74 Å². The minimum atomic E-state index is 1.21. The number of benzene rings is 1. The van der Waals surface area contributed by atoms with Crippen molar-refractivity contribution >= 4 is 27.5 Å². The van der Waals surface area contributed by atoms with E-state index in [4.69, 9.17) is 4.74 Å². The lowest BCUT2D eigenvalue weighted by Gasteiger charge is -1.95. The Balaban J connectivity index is 2.54. The molecule has 0 radical (unpaired) electrons. The van der Waals surface area contributed by atoms with Gasteiger partial charge in [-0.15, -0.1) is 11.3 Å². The standard InChI is InChI=1S/C11H10OS/c1-12-7-5-9-3-2-4-11-10(9)6-8-13-11/h2-8H,1H3/b7-5+. The second-order valence-corrected chi connectivity index (χ2v) is 3.67. The highest BCUT2D eigenvalue weighted by atomic mass is 32.1. The lowest BCUT2D eigenvalue weighted by atomic mass is 10.1. The first kappa shape index (κ1) is 8.32. The summed E-state index contributed by atoms with van der Waals surface area (Å²) in [6.45, 7) is 0. The second kappa shape index (κ2) is 3.62. The first-order chi connectivity index (χ1) is 6.42. The Morgan fingerprint density at radius 1 is 1.31 bits per heavy atom. The Morgan fingerprint density at radius 3 is 3.08 bits per heavy atom. The maximum Gasteiger partial charge on any atom is 0.0830 e. The molecule has 1 heterocycles. The number of hydrogen-bond acceptors (Lipinski definition) is 2. The van der Waals surface area contributed by atoms with Crippen molar-refractivity contribution in [2.24, 2.45) is 0 Å². The number of ether oxygens (including phenoxy) is 1. The second-order valence-electron chi connectivity index (χ2n) is 2.72. The van der Waals surface area contributed by atoms with Crippen LogP contribution in [0.3, 0.4) is 0 Å². The molecule has 0 aliphatic carbocycles. The predicted molar refractivity (Wildman–Crippen MR) is 57.9 cm³/mol. The molecule has 0 saturated heterocycles. The third kappa shape index (κ3) is 1.58. The Bertz CT molecular complexity index is 428. The van der Waals surface area contributed by atoms with Crippen LogP contribution in [0.2, 0.25) is 0 Å². The van der Waals surface area contributed by atoms with Gasteiger partial charge in [-0.2, -0.15) is 0 Å². The zero-order chi connectivity index (χ0) is 9.10. The Labute approximate surface area is 81.3 Å². The number of fused-ring (bicyclic) bond motifs is 1. The summed E-state index contributed by atoms with van der Waals surface area (Å²) in [4.78, 5) is 0. The largest absolute Gasteiger partial charge is 0.504 e. The van der Waals surface area contributed by atoms with Crippen LogP contribution >= 0.6 is 11.3 Å². The van der Waals surface area contributed by atoms with Crippen molar-refractivity contribution in [3.63, 3.8) is 0 Å². The van der Waals surface area contributed by atoms with Crippen LogP contribution in [0.25, 0.3) is 16.2 Å². The number of methoxy groups -OCH3 is 1. The van der Waals surface area contributed by atoms with Crippen molar-refractivity contribution in [2.45, 2.75) is 0 Å². The van der Waals surface area contributed by atoms with Gasteiger partial charge in [0.05, 0.1) is 13.4 Å². The number of thiophene rings is 1. The van der Waals surface area contributed by atoms with Gasteiger partial charge in [0.25, 0.3) is 0 Å². The van der Waals surface area contributed by atoms with Crippen LogP contribution in [0.1, 0.15) is 5.56 Å². The monoisotopic (exact) mass is 190 g/mol. The molecule has 0 aliphatic rings. The van der Waals surface area contributed by atoms with E-state index in [1.54, 1.807) is 24.7 Å². The maximum atomic E-state index is 4.89. The Kier molecular flexibility index (Phi) is 2.32. The van der Waals surface area contributed by atoms with Crippen LogP contribution in [0.15, 0.2) is 35.9 Å². The predicted octanol–water partition coefficient (Wildman–Crippen LogP) is 3.52. The molecule has 1 aromatic heterocycles. The molecule has 0 amide bonds.